The topological polar surface area (TPSA) is 83.1 Å². The maximum absolute atomic E-state index is 13.3. The molecule has 0 aliphatic carbocycles. The highest BCUT2D eigenvalue weighted by atomic mass is 35.5. The minimum atomic E-state index is -1.27. The van der Waals surface area contributed by atoms with E-state index in [1.54, 1.807) is 38.1 Å². The van der Waals surface area contributed by atoms with E-state index in [-0.39, 0.29) is 5.15 Å². The Bertz CT molecular complexity index is 1390. The number of benzene rings is 3. The molecule has 0 radical (unpaired) electrons. The number of urea groups is 1. The first-order chi connectivity index (χ1) is 16.7. The molecule has 0 fully saturated rings. The SMILES string of the molecule is CC(C)(NC(=O)Nc1ccccc1Cl)C(=O)Nc1nc(Cl)c2ccccc2c1Cc1ccccc1. The largest absolute Gasteiger partial charge is 0.324 e. The molecule has 3 aromatic carbocycles. The number of nitrogens with one attached hydrogen (secondary N) is 3. The van der Waals surface area contributed by atoms with Crippen molar-refractivity contribution in [3.63, 3.8) is 0 Å². The van der Waals surface area contributed by atoms with Crippen LogP contribution in [0.15, 0.2) is 78.9 Å². The molecule has 8 heteroatoms. The molecule has 0 saturated carbocycles. The molecule has 0 unspecified atom stereocenters. The summed E-state index contributed by atoms with van der Waals surface area (Å²) in [6, 6.07) is 23.9. The van der Waals surface area contributed by atoms with Crippen molar-refractivity contribution < 1.29 is 9.59 Å². The van der Waals surface area contributed by atoms with Crippen LogP contribution in [0.25, 0.3) is 10.8 Å². The van der Waals surface area contributed by atoms with E-state index in [4.69, 9.17) is 23.2 Å². The quantitative estimate of drug-likeness (QED) is 0.255. The fourth-order valence-corrected chi connectivity index (χ4v) is 4.11. The molecular formula is C27H24Cl2N4O2. The van der Waals surface area contributed by atoms with Crippen LogP contribution < -0.4 is 16.0 Å². The summed E-state index contributed by atoms with van der Waals surface area (Å²) in [6.45, 7) is 3.21. The van der Waals surface area contributed by atoms with Crippen LogP contribution in [0.1, 0.15) is 25.0 Å². The van der Waals surface area contributed by atoms with E-state index in [2.05, 4.69) is 20.9 Å². The third-order valence-corrected chi connectivity index (χ3v) is 6.16. The number of anilines is 2. The van der Waals surface area contributed by atoms with Crippen molar-refractivity contribution >= 4 is 57.4 Å². The van der Waals surface area contributed by atoms with Crippen LogP contribution in [0.3, 0.4) is 0 Å². The van der Waals surface area contributed by atoms with Gasteiger partial charge < -0.3 is 16.0 Å². The third kappa shape index (κ3) is 5.73. The molecular weight excluding hydrogens is 483 g/mol. The van der Waals surface area contributed by atoms with Crippen LogP contribution in [0.2, 0.25) is 10.2 Å². The lowest BCUT2D eigenvalue weighted by Gasteiger charge is -2.26. The van der Waals surface area contributed by atoms with Gasteiger partial charge in [0.25, 0.3) is 5.91 Å². The van der Waals surface area contributed by atoms with Gasteiger partial charge in [-0.2, -0.15) is 0 Å². The van der Waals surface area contributed by atoms with Crippen molar-refractivity contribution in [2.24, 2.45) is 0 Å². The Morgan fingerprint density at radius 3 is 2.17 bits per heavy atom. The fourth-order valence-electron chi connectivity index (χ4n) is 3.68. The second-order valence-corrected chi connectivity index (χ2v) is 9.34. The minimum Gasteiger partial charge on any atom is -0.324 e. The monoisotopic (exact) mass is 506 g/mol. The Morgan fingerprint density at radius 2 is 1.46 bits per heavy atom. The fraction of sp³-hybridized carbons (Fsp3) is 0.148. The zero-order valence-electron chi connectivity index (χ0n) is 19.2. The summed E-state index contributed by atoms with van der Waals surface area (Å²) in [6.07, 6.45) is 0.544. The molecule has 0 atom stereocenters. The Labute approximate surface area is 213 Å². The number of fused-ring (bicyclic) bond motifs is 1. The van der Waals surface area contributed by atoms with Crippen molar-refractivity contribution in [2.75, 3.05) is 10.6 Å². The van der Waals surface area contributed by atoms with E-state index in [1.807, 2.05) is 54.6 Å². The number of hydrogen-bond acceptors (Lipinski definition) is 3. The van der Waals surface area contributed by atoms with Gasteiger partial charge >= 0.3 is 6.03 Å². The molecule has 4 rings (SSSR count). The van der Waals surface area contributed by atoms with Crippen LogP contribution in [0.5, 0.6) is 0 Å². The van der Waals surface area contributed by atoms with Gasteiger partial charge in [-0.3, -0.25) is 4.79 Å². The van der Waals surface area contributed by atoms with Crippen LogP contribution in [-0.4, -0.2) is 22.5 Å². The maximum atomic E-state index is 13.3. The molecule has 35 heavy (non-hydrogen) atoms. The van der Waals surface area contributed by atoms with E-state index in [0.29, 0.717) is 22.9 Å². The number of nitrogens with zero attached hydrogens (tertiary/aromatic N) is 1. The predicted molar refractivity (Wildman–Crippen MR) is 142 cm³/mol. The van der Waals surface area contributed by atoms with E-state index < -0.39 is 17.5 Å². The number of aromatic nitrogens is 1. The van der Waals surface area contributed by atoms with Gasteiger partial charge in [0.05, 0.1) is 10.7 Å². The number of rotatable bonds is 6. The summed E-state index contributed by atoms with van der Waals surface area (Å²) in [5, 5.41) is 10.6. The van der Waals surface area contributed by atoms with Crippen molar-refractivity contribution in [3.05, 3.63) is 100 Å². The van der Waals surface area contributed by atoms with E-state index in [9.17, 15) is 9.59 Å². The van der Waals surface area contributed by atoms with Crippen LogP contribution in [-0.2, 0) is 11.2 Å². The number of amides is 3. The third-order valence-electron chi connectivity index (χ3n) is 5.54. The summed E-state index contributed by atoms with van der Waals surface area (Å²) in [5.41, 5.74) is 1.07. The van der Waals surface area contributed by atoms with Crippen LogP contribution in [0, 0.1) is 0 Å². The molecule has 3 N–H and O–H groups in total. The molecule has 3 amide bonds. The van der Waals surface area contributed by atoms with Crippen molar-refractivity contribution in [1.29, 1.82) is 0 Å². The lowest BCUT2D eigenvalue weighted by Crippen LogP contribution is -2.53. The van der Waals surface area contributed by atoms with Crippen molar-refractivity contribution in [3.8, 4) is 0 Å². The number of pyridine rings is 1. The molecule has 1 aromatic heterocycles. The summed E-state index contributed by atoms with van der Waals surface area (Å²) < 4.78 is 0. The number of halogens is 2. The molecule has 6 nitrogen and oxygen atoms in total. The Morgan fingerprint density at radius 1 is 0.829 bits per heavy atom. The zero-order chi connectivity index (χ0) is 25.0. The minimum absolute atomic E-state index is 0.287. The average molecular weight is 507 g/mol. The highest BCUT2D eigenvalue weighted by molar-refractivity contribution is 6.35. The van der Waals surface area contributed by atoms with Gasteiger partial charge in [-0.15, -0.1) is 0 Å². The highest BCUT2D eigenvalue weighted by Crippen LogP contribution is 2.32. The summed E-state index contributed by atoms with van der Waals surface area (Å²) >= 11 is 12.6. The molecule has 0 spiro atoms. The predicted octanol–water partition coefficient (Wildman–Crippen LogP) is 6.67. The summed E-state index contributed by atoms with van der Waals surface area (Å²) in [5.74, 6) is -0.0936. The zero-order valence-corrected chi connectivity index (χ0v) is 20.7. The second kappa shape index (κ2) is 10.3. The average Bonchev–Trinajstić information content (AvgIpc) is 2.83. The van der Waals surface area contributed by atoms with Gasteiger partial charge in [0, 0.05) is 17.4 Å². The standard InChI is InChI=1S/C27H24Cl2N4O2/c1-27(2,33-26(35)30-22-15-9-8-14-21(22)28)25(34)32-24-20(16-17-10-4-3-5-11-17)18-12-6-7-13-19(18)23(29)31-24/h3-15H,16H2,1-2H3,(H2,30,33,35)(H,31,32,34). The van der Waals surface area contributed by atoms with Crippen molar-refractivity contribution in [1.82, 2.24) is 10.3 Å². The van der Waals surface area contributed by atoms with Gasteiger partial charge in [0.1, 0.15) is 16.5 Å². The number of para-hydroxylation sites is 1. The molecule has 1 heterocycles. The lowest BCUT2D eigenvalue weighted by atomic mass is 9.99. The first-order valence-electron chi connectivity index (χ1n) is 11.0. The van der Waals surface area contributed by atoms with Gasteiger partial charge in [-0.1, -0.05) is 89.9 Å². The van der Waals surface area contributed by atoms with Gasteiger partial charge in [0.2, 0.25) is 0 Å². The van der Waals surface area contributed by atoms with Crippen LogP contribution >= 0.6 is 23.2 Å². The Balaban J connectivity index is 1.60. The smallest absolute Gasteiger partial charge is 0.320 e. The van der Waals surface area contributed by atoms with Gasteiger partial charge in [-0.25, -0.2) is 9.78 Å². The molecule has 4 aromatic rings. The number of carbonyl (C=O) groups excluding carboxylic acids is 2. The second-order valence-electron chi connectivity index (χ2n) is 8.58. The van der Waals surface area contributed by atoms with Crippen molar-refractivity contribution in [2.45, 2.75) is 25.8 Å². The number of hydrogen-bond donors (Lipinski definition) is 3. The van der Waals surface area contributed by atoms with E-state index in [0.717, 1.165) is 21.9 Å². The van der Waals surface area contributed by atoms with E-state index in [1.165, 1.54) is 0 Å². The first-order valence-corrected chi connectivity index (χ1v) is 11.8. The molecule has 0 aliphatic rings. The van der Waals surface area contributed by atoms with E-state index >= 15 is 0 Å². The highest BCUT2D eigenvalue weighted by Gasteiger charge is 2.31. The summed E-state index contributed by atoms with van der Waals surface area (Å²) in [7, 11) is 0. The van der Waals surface area contributed by atoms with Gasteiger partial charge in [-0.05, 0) is 36.9 Å². The first kappa shape index (κ1) is 24.5. The van der Waals surface area contributed by atoms with Crippen LogP contribution in [0.4, 0.5) is 16.3 Å². The lowest BCUT2D eigenvalue weighted by molar-refractivity contribution is -0.120. The molecule has 0 bridgehead atoms. The molecule has 0 aliphatic heterocycles. The van der Waals surface area contributed by atoms with Gasteiger partial charge in [0.15, 0.2) is 0 Å². The molecule has 178 valence electrons. The maximum Gasteiger partial charge on any atom is 0.320 e. The Hall–Kier alpha value is -3.61. The molecule has 0 saturated heterocycles. The summed E-state index contributed by atoms with van der Waals surface area (Å²) in [4.78, 5) is 30.4. The Kier molecular flexibility index (Phi) is 7.24. The number of carbonyl (C=O) groups is 2. The normalized spacial score (nSPS) is 11.2.